The molecule has 0 heterocycles. The molecule has 0 radical (unpaired) electrons. The Morgan fingerprint density at radius 1 is 1.17 bits per heavy atom. The molecule has 0 amide bonds. The molecular formula is C12H14. The Kier molecular flexibility index (Phi) is 2.24. The molecule has 0 aliphatic heterocycles. The molecule has 0 spiro atoms. The average molecular weight is 158 g/mol. The lowest BCUT2D eigenvalue weighted by molar-refractivity contribution is 0.589. The average Bonchev–Trinajstić information content (AvgIpc) is 2.03. The molecule has 0 unspecified atom stereocenters. The normalized spacial score (nSPS) is 10.8. The maximum absolute atomic E-state index is 5.40. The van der Waals surface area contributed by atoms with E-state index in [9.17, 15) is 0 Å². The number of rotatable bonds is 0. The second-order valence-corrected chi connectivity index (χ2v) is 3.94. The minimum Gasteiger partial charge on any atom is -0.115 e. The van der Waals surface area contributed by atoms with Gasteiger partial charge < -0.3 is 0 Å². The van der Waals surface area contributed by atoms with Gasteiger partial charge in [0.05, 0.1) is 0 Å². The molecule has 62 valence electrons. The van der Waals surface area contributed by atoms with Crippen molar-refractivity contribution in [2.75, 3.05) is 0 Å². The van der Waals surface area contributed by atoms with Crippen LogP contribution in [0.3, 0.4) is 0 Å². The van der Waals surface area contributed by atoms with Gasteiger partial charge in [-0.15, -0.1) is 6.42 Å². The van der Waals surface area contributed by atoms with E-state index in [1.54, 1.807) is 0 Å². The van der Waals surface area contributed by atoms with Gasteiger partial charge in [-0.2, -0.15) is 0 Å². The van der Waals surface area contributed by atoms with Gasteiger partial charge >= 0.3 is 0 Å². The fourth-order valence-electron chi connectivity index (χ4n) is 1.26. The van der Waals surface area contributed by atoms with Crippen molar-refractivity contribution < 1.29 is 0 Å². The van der Waals surface area contributed by atoms with Gasteiger partial charge in [-0.3, -0.25) is 0 Å². The predicted molar refractivity (Wildman–Crippen MR) is 53.1 cm³/mol. The highest BCUT2D eigenvalue weighted by molar-refractivity contribution is 5.43. The van der Waals surface area contributed by atoms with Crippen molar-refractivity contribution in [3.8, 4) is 12.3 Å². The standard InChI is InChI=1S/C12H14/c1-5-10-8-6-7-9-11(10)12(2,3)4/h1,6-9H,2-4H3. The van der Waals surface area contributed by atoms with Crippen molar-refractivity contribution in [3.63, 3.8) is 0 Å². The molecule has 0 aliphatic rings. The first-order valence-electron chi connectivity index (χ1n) is 4.12. The largest absolute Gasteiger partial charge is 0.115 e. The monoisotopic (exact) mass is 158 g/mol. The van der Waals surface area contributed by atoms with E-state index < -0.39 is 0 Å². The molecule has 1 rings (SSSR count). The van der Waals surface area contributed by atoms with Gasteiger partial charge in [-0.25, -0.2) is 0 Å². The molecule has 0 atom stereocenters. The predicted octanol–water partition coefficient (Wildman–Crippen LogP) is 2.97. The molecule has 0 saturated heterocycles. The molecule has 0 aromatic heterocycles. The maximum atomic E-state index is 5.40. The summed E-state index contributed by atoms with van der Waals surface area (Å²) in [7, 11) is 0. The number of terminal acetylenes is 1. The van der Waals surface area contributed by atoms with E-state index in [1.807, 2.05) is 18.2 Å². The van der Waals surface area contributed by atoms with Gasteiger partial charge in [-0.05, 0) is 17.0 Å². The van der Waals surface area contributed by atoms with Crippen LogP contribution in [0.5, 0.6) is 0 Å². The fourth-order valence-corrected chi connectivity index (χ4v) is 1.26. The van der Waals surface area contributed by atoms with Crippen molar-refractivity contribution in [3.05, 3.63) is 35.4 Å². The Balaban J connectivity index is 3.26. The molecule has 0 heteroatoms. The molecule has 0 saturated carbocycles. The van der Waals surface area contributed by atoms with Crippen molar-refractivity contribution in [1.82, 2.24) is 0 Å². The topological polar surface area (TPSA) is 0 Å². The Hall–Kier alpha value is -1.22. The number of hydrogen-bond donors (Lipinski definition) is 0. The van der Waals surface area contributed by atoms with Crippen LogP contribution in [0.1, 0.15) is 31.9 Å². The van der Waals surface area contributed by atoms with Gasteiger partial charge in [0.15, 0.2) is 0 Å². The zero-order chi connectivity index (χ0) is 9.19. The lowest BCUT2D eigenvalue weighted by Gasteiger charge is -2.20. The van der Waals surface area contributed by atoms with Crippen LogP contribution in [0.25, 0.3) is 0 Å². The smallest absolute Gasteiger partial charge is 0.0279 e. The van der Waals surface area contributed by atoms with Crippen LogP contribution in [0.2, 0.25) is 0 Å². The van der Waals surface area contributed by atoms with E-state index in [4.69, 9.17) is 6.42 Å². The summed E-state index contributed by atoms with van der Waals surface area (Å²) in [5.74, 6) is 2.70. The van der Waals surface area contributed by atoms with Crippen LogP contribution in [0, 0.1) is 12.3 Å². The van der Waals surface area contributed by atoms with Gasteiger partial charge in [-0.1, -0.05) is 44.9 Å². The summed E-state index contributed by atoms with van der Waals surface area (Å²) in [6.07, 6.45) is 5.40. The third-order valence-electron chi connectivity index (χ3n) is 1.89. The Bertz CT molecular complexity index is 308. The first kappa shape index (κ1) is 8.87. The molecule has 0 bridgehead atoms. The van der Waals surface area contributed by atoms with Gasteiger partial charge in [0.25, 0.3) is 0 Å². The summed E-state index contributed by atoms with van der Waals surface area (Å²) in [6.45, 7) is 6.51. The number of hydrogen-bond acceptors (Lipinski definition) is 0. The first-order chi connectivity index (χ1) is 5.55. The van der Waals surface area contributed by atoms with E-state index in [0.717, 1.165) is 5.56 Å². The Labute approximate surface area is 74.6 Å². The zero-order valence-electron chi connectivity index (χ0n) is 7.89. The summed E-state index contributed by atoms with van der Waals surface area (Å²) >= 11 is 0. The van der Waals surface area contributed by atoms with Crippen LogP contribution in [-0.4, -0.2) is 0 Å². The van der Waals surface area contributed by atoms with Crippen molar-refractivity contribution in [1.29, 1.82) is 0 Å². The molecule has 0 nitrogen and oxygen atoms in total. The molecule has 12 heavy (non-hydrogen) atoms. The van der Waals surface area contributed by atoms with E-state index in [-0.39, 0.29) is 5.41 Å². The summed E-state index contributed by atoms with van der Waals surface area (Å²) in [4.78, 5) is 0. The Morgan fingerprint density at radius 2 is 1.75 bits per heavy atom. The SMILES string of the molecule is C#Cc1ccccc1C(C)(C)C. The summed E-state index contributed by atoms with van der Waals surface area (Å²) in [5, 5.41) is 0. The van der Waals surface area contributed by atoms with E-state index in [0.29, 0.717) is 0 Å². The van der Waals surface area contributed by atoms with Crippen LogP contribution in [0.4, 0.5) is 0 Å². The second-order valence-electron chi connectivity index (χ2n) is 3.94. The fraction of sp³-hybridized carbons (Fsp3) is 0.333. The van der Waals surface area contributed by atoms with Crippen LogP contribution in [0.15, 0.2) is 24.3 Å². The van der Waals surface area contributed by atoms with Gasteiger partial charge in [0.1, 0.15) is 0 Å². The highest BCUT2D eigenvalue weighted by Gasteiger charge is 2.15. The number of benzene rings is 1. The lowest BCUT2D eigenvalue weighted by atomic mass is 9.84. The van der Waals surface area contributed by atoms with Crippen LogP contribution < -0.4 is 0 Å². The van der Waals surface area contributed by atoms with Gasteiger partial charge in [0.2, 0.25) is 0 Å². The zero-order valence-corrected chi connectivity index (χ0v) is 7.89. The highest BCUT2D eigenvalue weighted by Crippen LogP contribution is 2.24. The van der Waals surface area contributed by atoms with Crippen LogP contribution in [-0.2, 0) is 5.41 Å². The first-order valence-corrected chi connectivity index (χ1v) is 4.12. The molecule has 0 fully saturated rings. The van der Waals surface area contributed by atoms with Crippen LogP contribution >= 0.6 is 0 Å². The summed E-state index contributed by atoms with van der Waals surface area (Å²) in [5.41, 5.74) is 2.39. The molecular weight excluding hydrogens is 144 g/mol. The molecule has 1 aromatic rings. The molecule has 0 N–H and O–H groups in total. The van der Waals surface area contributed by atoms with Gasteiger partial charge in [0, 0.05) is 5.56 Å². The quantitative estimate of drug-likeness (QED) is 0.509. The molecule has 1 aromatic carbocycles. The Morgan fingerprint density at radius 3 is 2.17 bits per heavy atom. The van der Waals surface area contributed by atoms with E-state index >= 15 is 0 Å². The van der Waals surface area contributed by atoms with E-state index in [2.05, 4.69) is 32.8 Å². The maximum Gasteiger partial charge on any atom is 0.0279 e. The lowest BCUT2D eigenvalue weighted by Crippen LogP contribution is -2.12. The molecule has 0 aliphatic carbocycles. The third-order valence-corrected chi connectivity index (χ3v) is 1.89. The minimum atomic E-state index is 0.142. The van der Waals surface area contributed by atoms with Crippen molar-refractivity contribution >= 4 is 0 Å². The van der Waals surface area contributed by atoms with E-state index in [1.165, 1.54) is 5.56 Å². The third kappa shape index (κ3) is 1.68. The summed E-state index contributed by atoms with van der Waals surface area (Å²) < 4.78 is 0. The second kappa shape index (κ2) is 3.03. The van der Waals surface area contributed by atoms with Crippen molar-refractivity contribution in [2.24, 2.45) is 0 Å². The highest BCUT2D eigenvalue weighted by atomic mass is 14.2. The van der Waals surface area contributed by atoms with Crippen molar-refractivity contribution in [2.45, 2.75) is 26.2 Å². The summed E-state index contributed by atoms with van der Waals surface area (Å²) in [6, 6.07) is 8.08. The minimum absolute atomic E-state index is 0.142.